The van der Waals surface area contributed by atoms with Crippen LogP contribution >= 0.6 is 11.3 Å². The predicted octanol–water partition coefficient (Wildman–Crippen LogP) is 5.85. The number of benzene rings is 2. The predicted molar refractivity (Wildman–Crippen MR) is 150 cm³/mol. The van der Waals surface area contributed by atoms with Crippen LogP contribution in [0.15, 0.2) is 67.0 Å². The van der Waals surface area contributed by atoms with Crippen LogP contribution in [0.25, 0.3) is 11.1 Å². The van der Waals surface area contributed by atoms with Crippen molar-refractivity contribution in [1.82, 2.24) is 9.55 Å². The molecule has 0 saturated heterocycles. The van der Waals surface area contributed by atoms with Crippen LogP contribution in [-0.4, -0.2) is 37.3 Å². The van der Waals surface area contributed by atoms with Gasteiger partial charge in [0.05, 0.1) is 6.54 Å². The number of imidazole rings is 1. The van der Waals surface area contributed by atoms with Crippen LogP contribution in [0, 0.1) is 18.7 Å². The number of aryl methyl sites for hydroxylation is 1. The number of thiophene rings is 1. The lowest BCUT2D eigenvalue weighted by molar-refractivity contribution is 0.135. The lowest BCUT2D eigenvalue weighted by Crippen LogP contribution is -2.30. The van der Waals surface area contributed by atoms with Crippen LogP contribution in [-0.2, 0) is 28.6 Å². The highest BCUT2D eigenvalue weighted by Gasteiger charge is 2.27. The van der Waals surface area contributed by atoms with Gasteiger partial charge < -0.3 is 14.0 Å². The van der Waals surface area contributed by atoms with Crippen LogP contribution in [0.5, 0.6) is 5.75 Å². The highest BCUT2D eigenvalue weighted by Crippen LogP contribution is 2.41. The van der Waals surface area contributed by atoms with Gasteiger partial charge in [0, 0.05) is 28.4 Å². The standard InChI is InChI=1S/C28H30FN3O5S2/c1-19(2)15-24-17-25(21-9-10-22(26(29)16-21)18-31-12-11-30-20(31)3)27(38-24)32(39(34)35)28(33)37-14-13-36-23-7-5-4-6-8-23/h4-12,16-17,19,39H,13-15,18H2,1-3H3. The minimum absolute atomic E-state index is 0.0538. The Morgan fingerprint density at radius 1 is 1.13 bits per heavy atom. The molecule has 0 aliphatic rings. The maximum Gasteiger partial charge on any atom is 0.429 e. The maximum atomic E-state index is 15.2. The highest BCUT2D eigenvalue weighted by atomic mass is 32.2. The second-order valence-electron chi connectivity index (χ2n) is 9.26. The molecule has 0 aliphatic heterocycles. The first-order valence-corrected chi connectivity index (χ1v) is 14.4. The third kappa shape index (κ3) is 7.24. The Morgan fingerprint density at radius 3 is 2.54 bits per heavy atom. The molecule has 0 unspecified atom stereocenters. The summed E-state index contributed by atoms with van der Waals surface area (Å²) in [5.41, 5.74) is 1.36. The summed E-state index contributed by atoms with van der Waals surface area (Å²) in [5, 5.41) is 0.161. The molecule has 0 bridgehead atoms. The molecular weight excluding hydrogens is 541 g/mol. The van der Waals surface area contributed by atoms with Crippen molar-refractivity contribution < 1.29 is 27.1 Å². The monoisotopic (exact) mass is 571 g/mol. The molecule has 2 aromatic heterocycles. The number of carbonyl (C=O) groups is 1. The number of carbonyl (C=O) groups excluding carboxylic acids is 1. The summed E-state index contributed by atoms with van der Waals surface area (Å²) >= 11 is 1.17. The van der Waals surface area contributed by atoms with Crippen molar-refractivity contribution in [1.29, 1.82) is 0 Å². The van der Waals surface area contributed by atoms with E-state index in [-0.39, 0.29) is 18.2 Å². The van der Waals surface area contributed by atoms with E-state index in [1.54, 1.807) is 36.7 Å². The number of halogens is 1. The van der Waals surface area contributed by atoms with Crippen LogP contribution in [0.2, 0.25) is 0 Å². The van der Waals surface area contributed by atoms with E-state index in [9.17, 15) is 13.2 Å². The molecule has 0 aliphatic carbocycles. The number of para-hydroxylation sites is 1. The number of rotatable bonds is 11. The number of hydrogen-bond acceptors (Lipinski definition) is 7. The Hall–Kier alpha value is -3.70. The second kappa shape index (κ2) is 12.9. The van der Waals surface area contributed by atoms with Crippen LogP contribution in [0.1, 0.15) is 30.1 Å². The fraction of sp³-hybridized carbons (Fsp3) is 0.286. The topological polar surface area (TPSA) is 90.7 Å². The normalized spacial score (nSPS) is 11.2. The van der Waals surface area contributed by atoms with Gasteiger partial charge in [0.15, 0.2) is 0 Å². The van der Waals surface area contributed by atoms with E-state index >= 15 is 4.39 Å². The number of nitrogens with zero attached hydrogens (tertiary/aromatic N) is 3. The van der Waals surface area contributed by atoms with E-state index in [4.69, 9.17) is 9.47 Å². The van der Waals surface area contributed by atoms with Crippen molar-refractivity contribution in [3.8, 4) is 16.9 Å². The molecule has 0 spiro atoms. The van der Waals surface area contributed by atoms with Crippen molar-refractivity contribution in [3.63, 3.8) is 0 Å². The number of thiol groups is 1. The van der Waals surface area contributed by atoms with Gasteiger partial charge in [0.25, 0.3) is 0 Å². The average molecular weight is 572 g/mol. The lowest BCUT2D eigenvalue weighted by atomic mass is 10.0. The van der Waals surface area contributed by atoms with Gasteiger partial charge in [-0.25, -0.2) is 22.6 Å². The van der Waals surface area contributed by atoms with Crippen molar-refractivity contribution in [2.45, 2.75) is 33.7 Å². The molecule has 8 nitrogen and oxygen atoms in total. The quantitative estimate of drug-likeness (QED) is 0.179. The molecule has 0 N–H and O–H groups in total. The average Bonchev–Trinajstić information content (AvgIpc) is 3.49. The number of aromatic nitrogens is 2. The Kier molecular flexibility index (Phi) is 9.36. The first-order chi connectivity index (χ1) is 18.7. The van der Waals surface area contributed by atoms with Gasteiger partial charge >= 0.3 is 6.09 Å². The SMILES string of the molecule is Cc1nccn1Cc1ccc(-c2cc(CC(C)C)sc2N(C(=O)OCCOc2ccccc2)[SH](=O)=O)cc1F. The van der Waals surface area contributed by atoms with Crippen molar-refractivity contribution in [2.24, 2.45) is 5.92 Å². The van der Waals surface area contributed by atoms with Crippen LogP contribution < -0.4 is 9.04 Å². The summed E-state index contributed by atoms with van der Waals surface area (Å²) in [5.74, 6) is 1.22. The molecule has 0 radical (unpaired) electrons. The summed E-state index contributed by atoms with van der Waals surface area (Å²) in [7, 11) is -3.38. The first-order valence-electron chi connectivity index (χ1n) is 12.4. The first kappa shape index (κ1) is 28.3. The van der Waals surface area contributed by atoms with Gasteiger partial charge in [-0.1, -0.05) is 44.2 Å². The molecule has 11 heteroatoms. The van der Waals surface area contributed by atoms with E-state index in [0.717, 1.165) is 10.7 Å². The largest absolute Gasteiger partial charge is 0.490 e. The zero-order chi connectivity index (χ0) is 27.9. The van der Waals surface area contributed by atoms with Crippen molar-refractivity contribution in [2.75, 3.05) is 17.5 Å². The molecule has 2 heterocycles. The van der Waals surface area contributed by atoms with Gasteiger partial charge in [-0.2, -0.15) is 4.31 Å². The van der Waals surface area contributed by atoms with Gasteiger partial charge in [-0.15, -0.1) is 11.3 Å². The molecule has 39 heavy (non-hydrogen) atoms. The van der Waals surface area contributed by atoms with Crippen LogP contribution in [0.4, 0.5) is 14.2 Å². The Balaban J connectivity index is 1.59. The minimum atomic E-state index is -3.38. The van der Waals surface area contributed by atoms with E-state index in [2.05, 4.69) is 4.98 Å². The molecule has 4 aromatic rings. The number of amides is 1. The number of anilines is 1. The number of hydrogen-bond donors (Lipinski definition) is 1. The summed E-state index contributed by atoms with van der Waals surface area (Å²) in [6, 6.07) is 15.6. The second-order valence-corrected chi connectivity index (χ2v) is 11.3. The Bertz CT molecular complexity index is 1490. The molecule has 0 saturated carbocycles. The van der Waals surface area contributed by atoms with Crippen molar-refractivity contribution in [3.05, 3.63) is 89.1 Å². The molecule has 2 aromatic carbocycles. The minimum Gasteiger partial charge on any atom is -0.490 e. The lowest BCUT2D eigenvalue weighted by Gasteiger charge is -2.16. The van der Waals surface area contributed by atoms with E-state index in [0.29, 0.717) is 45.6 Å². The summed E-state index contributed by atoms with van der Waals surface area (Å²) in [6.45, 7) is 6.13. The van der Waals surface area contributed by atoms with E-state index in [1.165, 1.54) is 17.4 Å². The summed E-state index contributed by atoms with van der Waals surface area (Å²) < 4.78 is 53.0. The molecule has 0 atom stereocenters. The van der Waals surface area contributed by atoms with Gasteiger partial charge in [0.2, 0.25) is 10.9 Å². The maximum absolute atomic E-state index is 15.2. The highest BCUT2D eigenvalue weighted by molar-refractivity contribution is 7.75. The third-order valence-electron chi connectivity index (χ3n) is 5.85. The molecular formula is C28H30FN3O5S2. The van der Waals surface area contributed by atoms with Gasteiger partial charge in [0.1, 0.15) is 35.6 Å². The molecule has 1 amide bonds. The van der Waals surface area contributed by atoms with E-state index in [1.807, 2.05) is 49.6 Å². The Labute approximate surface area is 232 Å². The summed E-state index contributed by atoms with van der Waals surface area (Å²) in [6.07, 6.45) is 3.05. The smallest absolute Gasteiger partial charge is 0.429 e. The van der Waals surface area contributed by atoms with Crippen molar-refractivity contribution >= 4 is 33.3 Å². The molecule has 0 fully saturated rings. The zero-order valence-corrected chi connectivity index (χ0v) is 23.6. The zero-order valence-electron chi connectivity index (χ0n) is 21.9. The van der Waals surface area contributed by atoms with E-state index < -0.39 is 22.8 Å². The Morgan fingerprint density at radius 2 is 1.90 bits per heavy atom. The molecule has 206 valence electrons. The fourth-order valence-electron chi connectivity index (χ4n) is 3.99. The molecule has 4 rings (SSSR count). The third-order valence-corrected chi connectivity index (χ3v) is 7.82. The summed E-state index contributed by atoms with van der Waals surface area (Å²) in [4.78, 5) is 18.0. The van der Waals surface area contributed by atoms with Gasteiger partial charge in [-0.3, -0.25) is 0 Å². The number of ether oxygens (including phenoxy) is 2. The van der Waals surface area contributed by atoms with Crippen LogP contribution in [0.3, 0.4) is 0 Å². The van der Waals surface area contributed by atoms with Gasteiger partial charge in [-0.05, 0) is 49.1 Å². The fourth-order valence-corrected chi connectivity index (χ4v) is 6.05.